The van der Waals surface area contributed by atoms with Crippen LogP contribution in [-0.4, -0.2) is 10.9 Å². The molecule has 0 unspecified atom stereocenters. The van der Waals surface area contributed by atoms with Crippen molar-refractivity contribution in [3.63, 3.8) is 0 Å². The fraction of sp³-hybridized carbons (Fsp3) is 0.238. The number of nitrogens with zero attached hydrogens (tertiary/aromatic N) is 1. The van der Waals surface area contributed by atoms with Gasteiger partial charge in [-0.1, -0.05) is 35.9 Å². The van der Waals surface area contributed by atoms with E-state index in [0.717, 1.165) is 16.8 Å². The van der Waals surface area contributed by atoms with Gasteiger partial charge in [0.1, 0.15) is 0 Å². The number of benzene rings is 2. The second-order valence-corrected chi connectivity index (χ2v) is 7.36. The van der Waals surface area contributed by atoms with Crippen LogP contribution in [0.15, 0.2) is 41.8 Å². The molecule has 0 saturated heterocycles. The summed E-state index contributed by atoms with van der Waals surface area (Å²) < 4.78 is 0. The number of thiazole rings is 1. The number of anilines is 1. The predicted molar refractivity (Wildman–Crippen MR) is 105 cm³/mol. The van der Waals surface area contributed by atoms with Crippen molar-refractivity contribution in [1.29, 1.82) is 0 Å². The topological polar surface area (TPSA) is 42.0 Å². The lowest BCUT2D eigenvalue weighted by atomic mass is 10.0. The molecule has 0 bridgehead atoms. The number of hydrogen-bond donors (Lipinski definition) is 1. The Labute approximate surface area is 152 Å². The molecule has 0 radical (unpaired) electrons. The van der Waals surface area contributed by atoms with Crippen LogP contribution in [0.25, 0.3) is 11.3 Å². The number of aryl methyl sites for hydroxylation is 4. The van der Waals surface area contributed by atoms with Gasteiger partial charge in [0.05, 0.1) is 12.1 Å². The molecule has 0 atom stereocenters. The molecule has 128 valence electrons. The normalized spacial score (nSPS) is 10.7. The van der Waals surface area contributed by atoms with Crippen LogP contribution in [0.5, 0.6) is 0 Å². The van der Waals surface area contributed by atoms with Crippen molar-refractivity contribution in [3.8, 4) is 11.3 Å². The van der Waals surface area contributed by atoms with Crippen molar-refractivity contribution >= 4 is 22.4 Å². The number of rotatable bonds is 4. The van der Waals surface area contributed by atoms with Gasteiger partial charge in [0, 0.05) is 10.9 Å². The molecule has 0 aliphatic rings. The van der Waals surface area contributed by atoms with Gasteiger partial charge < -0.3 is 5.32 Å². The third kappa shape index (κ3) is 4.15. The van der Waals surface area contributed by atoms with Crippen LogP contribution in [0.2, 0.25) is 0 Å². The van der Waals surface area contributed by atoms with Crippen LogP contribution in [0.4, 0.5) is 5.13 Å². The SMILES string of the molecule is Cc1ccc(C)c(-c2csc(NC(=O)Cc3ccc(C)c(C)c3)n2)c1. The molecule has 3 rings (SSSR count). The molecular weight excluding hydrogens is 328 g/mol. The van der Waals surface area contributed by atoms with Crippen molar-refractivity contribution in [1.82, 2.24) is 4.98 Å². The first kappa shape index (κ1) is 17.4. The maximum Gasteiger partial charge on any atom is 0.230 e. The highest BCUT2D eigenvalue weighted by Gasteiger charge is 2.11. The average Bonchev–Trinajstić information content (AvgIpc) is 3.01. The Morgan fingerprint density at radius 3 is 2.52 bits per heavy atom. The summed E-state index contributed by atoms with van der Waals surface area (Å²) in [5.41, 5.74) is 7.88. The number of hydrogen-bond acceptors (Lipinski definition) is 3. The zero-order valence-electron chi connectivity index (χ0n) is 15.0. The van der Waals surface area contributed by atoms with E-state index in [4.69, 9.17) is 0 Å². The highest BCUT2D eigenvalue weighted by molar-refractivity contribution is 7.14. The molecule has 0 fully saturated rings. The molecule has 25 heavy (non-hydrogen) atoms. The fourth-order valence-corrected chi connectivity index (χ4v) is 3.46. The minimum atomic E-state index is -0.0369. The number of amides is 1. The number of aromatic nitrogens is 1. The molecule has 0 saturated carbocycles. The summed E-state index contributed by atoms with van der Waals surface area (Å²) in [6.07, 6.45) is 0.361. The molecule has 1 amide bonds. The summed E-state index contributed by atoms with van der Waals surface area (Å²) in [5, 5.41) is 5.55. The molecule has 1 aromatic heterocycles. The molecular formula is C21H22N2OS. The second kappa shape index (κ2) is 7.19. The summed E-state index contributed by atoms with van der Waals surface area (Å²) in [5.74, 6) is -0.0369. The van der Waals surface area contributed by atoms with Gasteiger partial charge >= 0.3 is 0 Å². The summed E-state index contributed by atoms with van der Waals surface area (Å²) in [6.45, 7) is 8.28. The van der Waals surface area contributed by atoms with Gasteiger partial charge in [-0.2, -0.15) is 0 Å². The lowest BCUT2D eigenvalue weighted by Crippen LogP contribution is -2.14. The van der Waals surface area contributed by atoms with E-state index in [1.165, 1.54) is 33.6 Å². The monoisotopic (exact) mass is 350 g/mol. The second-order valence-electron chi connectivity index (χ2n) is 6.50. The van der Waals surface area contributed by atoms with Crippen LogP contribution in [0.3, 0.4) is 0 Å². The van der Waals surface area contributed by atoms with E-state index in [9.17, 15) is 4.79 Å². The first-order valence-electron chi connectivity index (χ1n) is 8.31. The highest BCUT2D eigenvalue weighted by Crippen LogP contribution is 2.28. The van der Waals surface area contributed by atoms with E-state index in [-0.39, 0.29) is 5.91 Å². The molecule has 0 aliphatic heterocycles. The largest absolute Gasteiger partial charge is 0.302 e. The number of carbonyl (C=O) groups excluding carboxylic acids is 1. The van der Waals surface area contributed by atoms with E-state index >= 15 is 0 Å². The first-order valence-corrected chi connectivity index (χ1v) is 9.19. The quantitative estimate of drug-likeness (QED) is 0.700. The van der Waals surface area contributed by atoms with E-state index in [0.29, 0.717) is 11.6 Å². The predicted octanol–water partition coefficient (Wildman–Crippen LogP) is 5.22. The maximum absolute atomic E-state index is 12.3. The smallest absolute Gasteiger partial charge is 0.230 e. The van der Waals surface area contributed by atoms with E-state index < -0.39 is 0 Å². The number of carbonyl (C=O) groups is 1. The molecule has 2 aromatic carbocycles. The minimum Gasteiger partial charge on any atom is -0.302 e. The van der Waals surface area contributed by atoms with Crippen molar-refractivity contribution in [3.05, 3.63) is 69.6 Å². The van der Waals surface area contributed by atoms with Crippen LogP contribution in [0, 0.1) is 27.7 Å². The lowest BCUT2D eigenvalue weighted by molar-refractivity contribution is -0.115. The van der Waals surface area contributed by atoms with E-state index in [1.807, 2.05) is 11.4 Å². The summed E-state index contributed by atoms with van der Waals surface area (Å²) in [6, 6.07) is 12.5. The Morgan fingerprint density at radius 2 is 1.76 bits per heavy atom. The minimum absolute atomic E-state index is 0.0369. The average molecular weight is 350 g/mol. The van der Waals surface area contributed by atoms with Crippen molar-refractivity contribution in [2.24, 2.45) is 0 Å². The Bertz CT molecular complexity index is 927. The van der Waals surface area contributed by atoms with Crippen LogP contribution >= 0.6 is 11.3 Å². The van der Waals surface area contributed by atoms with Gasteiger partial charge in [0.25, 0.3) is 0 Å². The van der Waals surface area contributed by atoms with Gasteiger partial charge in [-0.15, -0.1) is 11.3 Å². The summed E-state index contributed by atoms with van der Waals surface area (Å²) in [4.78, 5) is 16.9. The van der Waals surface area contributed by atoms with E-state index in [2.05, 4.69) is 68.3 Å². The lowest BCUT2D eigenvalue weighted by Gasteiger charge is -2.06. The van der Waals surface area contributed by atoms with Crippen LogP contribution in [-0.2, 0) is 11.2 Å². The molecule has 1 heterocycles. The summed E-state index contributed by atoms with van der Waals surface area (Å²) in [7, 11) is 0. The molecule has 3 aromatic rings. The molecule has 4 heteroatoms. The standard InChI is InChI=1S/C21H22N2OS/c1-13-5-6-15(3)18(9-13)19-12-25-21(22-19)23-20(24)11-17-8-7-14(2)16(4)10-17/h5-10,12H,11H2,1-4H3,(H,22,23,24). The highest BCUT2D eigenvalue weighted by atomic mass is 32.1. The zero-order chi connectivity index (χ0) is 18.0. The van der Waals surface area contributed by atoms with Crippen molar-refractivity contribution in [2.75, 3.05) is 5.32 Å². The van der Waals surface area contributed by atoms with Crippen LogP contribution < -0.4 is 5.32 Å². The van der Waals surface area contributed by atoms with Crippen molar-refractivity contribution in [2.45, 2.75) is 34.1 Å². The van der Waals surface area contributed by atoms with Gasteiger partial charge in [0.2, 0.25) is 5.91 Å². The van der Waals surface area contributed by atoms with Gasteiger partial charge in [-0.05, 0) is 56.0 Å². The Balaban J connectivity index is 1.71. The van der Waals surface area contributed by atoms with E-state index in [1.54, 1.807) is 0 Å². The van der Waals surface area contributed by atoms with Crippen molar-refractivity contribution < 1.29 is 4.79 Å². The molecule has 0 spiro atoms. The van der Waals surface area contributed by atoms with Crippen LogP contribution in [0.1, 0.15) is 27.8 Å². The number of nitrogens with one attached hydrogen (secondary N) is 1. The Hall–Kier alpha value is -2.46. The summed E-state index contributed by atoms with van der Waals surface area (Å²) >= 11 is 1.46. The maximum atomic E-state index is 12.3. The van der Waals surface area contributed by atoms with Gasteiger partial charge in [-0.3, -0.25) is 4.79 Å². The van der Waals surface area contributed by atoms with Gasteiger partial charge in [0.15, 0.2) is 5.13 Å². The zero-order valence-corrected chi connectivity index (χ0v) is 15.8. The first-order chi connectivity index (χ1) is 11.9. The Morgan fingerprint density at radius 1 is 1.00 bits per heavy atom. The molecule has 3 nitrogen and oxygen atoms in total. The third-order valence-corrected chi connectivity index (χ3v) is 5.11. The molecule has 1 N–H and O–H groups in total. The molecule has 0 aliphatic carbocycles. The van der Waals surface area contributed by atoms with Gasteiger partial charge in [-0.25, -0.2) is 4.98 Å². The third-order valence-electron chi connectivity index (χ3n) is 4.36. The Kier molecular flexibility index (Phi) is 5.00. The fourth-order valence-electron chi connectivity index (χ4n) is 2.73.